The van der Waals surface area contributed by atoms with Crippen molar-refractivity contribution in [3.8, 4) is 5.88 Å². The first-order valence-electron chi connectivity index (χ1n) is 10.1. The molecule has 0 spiro atoms. The number of nitrogens with zero attached hydrogens (tertiary/aromatic N) is 2. The average Bonchev–Trinajstić information content (AvgIpc) is 2.71. The van der Waals surface area contributed by atoms with Gasteiger partial charge in [0, 0.05) is 24.4 Å². The van der Waals surface area contributed by atoms with Crippen molar-refractivity contribution in [2.45, 2.75) is 44.5 Å². The van der Waals surface area contributed by atoms with Crippen molar-refractivity contribution in [1.29, 1.82) is 0 Å². The van der Waals surface area contributed by atoms with E-state index in [1.54, 1.807) is 18.2 Å². The van der Waals surface area contributed by atoms with Crippen LogP contribution in [0, 0.1) is 5.92 Å². The lowest BCUT2D eigenvalue weighted by Gasteiger charge is -2.38. The predicted octanol–water partition coefficient (Wildman–Crippen LogP) is 4.85. The second-order valence-corrected chi connectivity index (χ2v) is 8.24. The standard InChI is InChI=1S/C22H25ClF3N3O2/c1-14(13-19(27)30)29-11-9-16(10-12-29)21(31-20-4-2-3-18(23)28-20)15-5-7-17(8-6-15)22(24,25)26/h2-8,14,16,21H,9-13H2,1H3,(H2,27,30). The van der Waals surface area contributed by atoms with Crippen molar-refractivity contribution in [2.75, 3.05) is 13.1 Å². The molecular formula is C22H25ClF3N3O2. The van der Waals surface area contributed by atoms with Gasteiger partial charge in [-0.2, -0.15) is 13.2 Å². The summed E-state index contributed by atoms with van der Waals surface area (Å²) in [6, 6.07) is 10.1. The molecule has 1 aliphatic heterocycles. The van der Waals surface area contributed by atoms with Crippen molar-refractivity contribution in [2.24, 2.45) is 11.7 Å². The van der Waals surface area contributed by atoms with Crippen molar-refractivity contribution in [3.05, 3.63) is 58.7 Å². The third-order valence-corrected chi connectivity index (χ3v) is 5.84. The molecule has 0 bridgehead atoms. The Labute approximate surface area is 184 Å². The van der Waals surface area contributed by atoms with E-state index in [0.29, 0.717) is 11.4 Å². The van der Waals surface area contributed by atoms with E-state index in [2.05, 4.69) is 9.88 Å². The first-order valence-corrected chi connectivity index (χ1v) is 10.5. The van der Waals surface area contributed by atoms with Crippen LogP contribution in [-0.2, 0) is 11.0 Å². The van der Waals surface area contributed by atoms with E-state index >= 15 is 0 Å². The average molecular weight is 456 g/mol. The molecule has 1 fully saturated rings. The van der Waals surface area contributed by atoms with E-state index in [0.717, 1.165) is 38.1 Å². The number of amides is 1. The van der Waals surface area contributed by atoms with Crippen molar-refractivity contribution >= 4 is 17.5 Å². The van der Waals surface area contributed by atoms with Crippen LogP contribution in [0.4, 0.5) is 13.2 Å². The molecule has 168 valence electrons. The predicted molar refractivity (Wildman–Crippen MR) is 112 cm³/mol. The Balaban J connectivity index is 1.79. The van der Waals surface area contributed by atoms with Crippen LogP contribution in [0.5, 0.6) is 5.88 Å². The SMILES string of the molecule is CC(CC(N)=O)N1CCC(C(Oc2cccc(Cl)n2)c2ccc(C(F)(F)F)cc2)CC1. The number of carbonyl (C=O) groups is 1. The van der Waals surface area contributed by atoms with Gasteiger partial charge in [-0.3, -0.25) is 4.79 Å². The number of hydrogen-bond acceptors (Lipinski definition) is 4. The maximum absolute atomic E-state index is 13.0. The fourth-order valence-corrected chi connectivity index (χ4v) is 4.12. The number of rotatable bonds is 7. The molecule has 31 heavy (non-hydrogen) atoms. The van der Waals surface area contributed by atoms with Crippen LogP contribution >= 0.6 is 11.6 Å². The zero-order valence-electron chi connectivity index (χ0n) is 17.1. The van der Waals surface area contributed by atoms with E-state index in [1.165, 1.54) is 12.1 Å². The Bertz CT molecular complexity index is 884. The lowest BCUT2D eigenvalue weighted by molar-refractivity contribution is -0.137. The number of carbonyl (C=O) groups excluding carboxylic acids is 1. The molecule has 5 nitrogen and oxygen atoms in total. The van der Waals surface area contributed by atoms with Gasteiger partial charge in [0.2, 0.25) is 11.8 Å². The number of alkyl halides is 3. The number of hydrogen-bond donors (Lipinski definition) is 1. The third kappa shape index (κ3) is 6.33. The molecule has 1 aliphatic rings. The highest BCUT2D eigenvalue weighted by atomic mass is 35.5. The van der Waals surface area contributed by atoms with Gasteiger partial charge < -0.3 is 15.4 Å². The molecular weight excluding hydrogens is 431 g/mol. The number of ether oxygens (including phenoxy) is 1. The number of aromatic nitrogens is 1. The maximum Gasteiger partial charge on any atom is 0.416 e. The molecule has 2 unspecified atom stereocenters. The lowest BCUT2D eigenvalue weighted by atomic mass is 9.86. The van der Waals surface area contributed by atoms with Crippen molar-refractivity contribution < 1.29 is 22.7 Å². The zero-order chi connectivity index (χ0) is 22.6. The largest absolute Gasteiger partial charge is 0.469 e. The molecule has 0 aliphatic carbocycles. The molecule has 2 atom stereocenters. The minimum atomic E-state index is -4.40. The Kier molecular flexibility index (Phi) is 7.43. The van der Waals surface area contributed by atoms with Crippen molar-refractivity contribution in [3.63, 3.8) is 0 Å². The smallest absolute Gasteiger partial charge is 0.416 e. The van der Waals surface area contributed by atoms with Crippen LogP contribution in [0.25, 0.3) is 0 Å². The minimum Gasteiger partial charge on any atom is -0.469 e. The Hall–Kier alpha value is -2.32. The summed E-state index contributed by atoms with van der Waals surface area (Å²) in [6.45, 7) is 3.44. The molecule has 2 N–H and O–H groups in total. The monoisotopic (exact) mass is 455 g/mol. The number of piperidine rings is 1. The third-order valence-electron chi connectivity index (χ3n) is 5.63. The lowest BCUT2D eigenvalue weighted by Crippen LogP contribution is -2.43. The molecule has 2 aromatic rings. The Morgan fingerprint density at radius 3 is 2.42 bits per heavy atom. The molecule has 2 heterocycles. The summed E-state index contributed by atoms with van der Waals surface area (Å²) in [5.41, 5.74) is 5.26. The highest BCUT2D eigenvalue weighted by Crippen LogP contribution is 2.37. The van der Waals surface area contributed by atoms with Gasteiger partial charge in [-0.1, -0.05) is 29.8 Å². The van der Waals surface area contributed by atoms with Crippen molar-refractivity contribution in [1.82, 2.24) is 9.88 Å². The number of likely N-dealkylation sites (tertiary alicyclic amines) is 1. The number of primary amides is 1. The summed E-state index contributed by atoms with van der Waals surface area (Å²) < 4.78 is 45.1. The second-order valence-electron chi connectivity index (χ2n) is 7.85. The van der Waals surface area contributed by atoms with Gasteiger partial charge in [0.15, 0.2) is 0 Å². The summed E-state index contributed by atoms with van der Waals surface area (Å²) in [5.74, 6) is 0.0455. The number of pyridine rings is 1. The second kappa shape index (κ2) is 9.87. The number of benzene rings is 1. The molecule has 0 radical (unpaired) electrons. The molecule has 1 amide bonds. The summed E-state index contributed by atoms with van der Waals surface area (Å²) in [6.07, 6.45) is -3.06. The molecule has 1 aromatic carbocycles. The van der Waals surface area contributed by atoms with Gasteiger partial charge in [-0.25, -0.2) is 4.98 Å². The fraction of sp³-hybridized carbons (Fsp3) is 0.455. The van der Waals surface area contributed by atoms with Gasteiger partial charge in [0.05, 0.1) is 5.56 Å². The molecule has 9 heteroatoms. The number of nitrogens with two attached hydrogens (primary N) is 1. The van der Waals surface area contributed by atoms with Gasteiger partial charge >= 0.3 is 6.18 Å². The summed E-state index contributed by atoms with van der Waals surface area (Å²) in [7, 11) is 0. The first-order chi connectivity index (χ1) is 14.6. The molecule has 1 saturated heterocycles. The molecule has 1 aromatic heterocycles. The van der Waals surface area contributed by atoms with E-state index < -0.39 is 17.8 Å². The highest BCUT2D eigenvalue weighted by molar-refractivity contribution is 6.29. The van der Waals surface area contributed by atoms with Gasteiger partial charge in [0.25, 0.3) is 0 Å². The first kappa shape index (κ1) is 23.3. The van der Waals surface area contributed by atoms with Crippen LogP contribution in [0.3, 0.4) is 0 Å². The van der Waals surface area contributed by atoms with E-state index in [-0.39, 0.29) is 29.4 Å². The summed E-state index contributed by atoms with van der Waals surface area (Å²) in [4.78, 5) is 17.6. The topological polar surface area (TPSA) is 68.5 Å². The van der Waals surface area contributed by atoms with Crippen LogP contribution < -0.4 is 10.5 Å². The minimum absolute atomic E-state index is 0.0403. The van der Waals surface area contributed by atoms with Gasteiger partial charge in [-0.15, -0.1) is 0 Å². The van der Waals surface area contributed by atoms with Crippen LogP contribution in [0.2, 0.25) is 5.15 Å². The van der Waals surface area contributed by atoms with E-state index in [1.807, 2.05) is 6.92 Å². The van der Waals surface area contributed by atoms with E-state index in [4.69, 9.17) is 22.1 Å². The Morgan fingerprint density at radius 1 is 1.23 bits per heavy atom. The quantitative estimate of drug-likeness (QED) is 0.606. The summed E-state index contributed by atoms with van der Waals surface area (Å²) in [5, 5.41) is 0.277. The van der Waals surface area contributed by atoms with E-state index in [9.17, 15) is 18.0 Å². The molecule has 3 rings (SSSR count). The zero-order valence-corrected chi connectivity index (χ0v) is 17.9. The fourth-order valence-electron chi connectivity index (χ4n) is 3.97. The normalized spacial score (nSPS) is 17.8. The van der Waals surface area contributed by atoms with Crippen LogP contribution in [0.1, 0.15) is 43.4 Å². The van der Waals surface area contributed by atoms with Crippen LogP contribution in [0.15, 0.2) is 42.5 Å². The van der Waals surface area contributed by atoms with Gasteiger partial charge in [-0.05, 0) is 56.6 Å². The highest BCUT2D eigenvalue weighted by Gasteiger charge is 2.33. The Morgan fingerprint density at radius 2 is 1.87 bits per heavy atom. The van der Waals surface area contributed by atoms with Crippen LogP contribution in [-0.4, -0.2) is 34.9 Å². The van der Waals surface area contributed by atoms with Gasteiger partial charge in [0.1, 0.15) is 11.3 Å². The maximum atomic E-state index is 13.0. The number of halogens is 4. The summed E-state index contributed by atoms with van der Waals surface area (Å²) >= 11 is 5.97. The molecule has 0 saturated carbocycles.